The minimum atomic E-state index is -0.126. The summed E-state index contributed by atoms with van der Waals surface area (Å²) in [5, 5.41) is 10.6. The predicted molar refractivity (Wildman–Crippen MR) is 110 cm³/mol. The smallest absolute Gasteiger partial charge is 0.247 e. The minimum Gasteiger partial charge on any atom is -0.493 e. The molecule has 0 aliphatic carbocycles. The molecular weight excluding hydrogens is 388 g/mol. The third-order valence-corrected chi connectivity index (χ3v) is 4.92. The van der Waals surface area contributed by atoms with E-state index in [1.165, 1.54) is 13.2 Å². The Labute approximate surface area is 173 Å². The molecule has 0 atom stereocenters. The van der Waals surface area contributed by atoms with Crippen LogP contribution in [0.25, 0.3) is 6.08 Å². The van der Waals surface area contributed by atoms with Gasteiger partial charge in [0, 0.05) is 11.0 Å². The molecule has 2 heterocycles. The fourth-order valence-electron chi connectivity index (χ4n) is 2.68. The van der Waals surface area contributed by atoms with Gasteiger partial charge in [-0.05, 0) is 47.4 Å². The molecule has 0 bridgehead atoms. The van der Waals surface area contributed by atoms with Crippen molar-refractivity contribution in [1.29, 1.82) is 5.26 Å². The number of hydrogen-bond donors (Lipinski definition) is 0. The molecule has 6 nitrogen and oxygen atoms in total. The molecule has 0 saturated carbocycles. The molecule has 7 heteroatoms. The van der Waals surface area contributed by atoms with E-state index in [1.54, 1.807) is 52.8 Å². The average Bonchev–Trinajstić information content (AvgIpc) is 3.44. The number of nitrogens with zero attached hydrogens (tertiary/aromatic N) is 2. The highest BCUT2D eigenvalue weighted by Crippen LogP contribution is 2.28. The monoisotopic (exact) mass is 408 g/mol. The zero-order chi connectivity index (χ0) is 20.5. The van der Waals surface area contributed by atoms with E-state index in [0.717, 1.165) is 16.2 Å². The number of hydrogen-bond acceptors (Lipinski definition) is 6. The Balaban J connectivity index is 1.74. The number of carbonyl (C=O) groups is 1. The fraction of sp³-hybridized carbons (Fsp3) is 0.182. The molecule has 3 rings (SSSR count). The van der Waals surface area contributed by atoms with Crippen LogP contribution >= 0.6 is 11.3 Å². The second-order valence-corrected chi connectivity index (χ2v) is 7.08. The lowest BCUT2D eigenvalue weighted by Gasteiger charge is -2.19. The molecule has 0 N–H and O–H groups in total. The van der Waals surface area contributed by atoms with Gasteiger partial charge in [0.15, 0.2) is 18.1 Å². The first-order valence-electron chi connectivity index (χ1n) is 8.89. The number of nitriles is 1. The molecule has 0 saturated heterocycles. The van der Waals surface area contributed by atoms with E-state index >= 15 is 0 Å². The van der Waals surface area contributed by atoms with Crippen LogP contribution in [0.3, 0.4) is 0 Å². The van der Waals surface area contributed by atoms with E-state index in [9.17, 15) is 4.79 Å². The van der Waals surface area contributed by atoms with Crippen LogP contribution in [0.4, 0.5) is 0 Å². The first-order valence-corrected chi connectivity index (χ1v) is 9.77. The molecule has 0 fully saturated rings. The van der Waals surface area contributed by atoms with Gasteiger partial charge in [0.2, 0.25) is 5.91 Å². The van der Waals surface area contributed by atoms with Gasteiger partial charge in [-0.25, -0.2) is 0 Å². The maximum absolute atomic E-state index is 12.8. The summed E-state index contributed by atoms with van der Waals surface area (Å²) in [4.78, 5) is 15.7. The molecule has 0 aliphatic heterocycles. The Hall–Kier alpha value is -3.50. The number of thiophene rings is 1. The molecule has 1 amide bonds. The van der Waals surface area contributed by atoms with Gasteiger partial charge in [-0.1, -0.05) is 12.1 Å². The van der Waals surface area contributed by atoms with Crippen molar-refractivity contribution in [2.45, 2.75) is 13.1 Å². The molecule has 0 aliphatic rings. The molecule has 2 aromatic heterocycles. The van der Waals surface area contributed by atoms with Gasteiger partial charge in [-0.2, -0.15) is 5.26 Å². The summed E-state index contributed by atoms with van der Waals surface area (Å²) < 4.78 is 16.0. The maximum Gasteiger partial charge on any atom is 0.247 e. The van der Waals surface area contributed by atoms with Crippen LogP contribution in [0, 0.1) is 11.3 Å². The van der Waals surface area contributed by atoms with Crippen molar-refractivity contribution in [3.05, 3.63) is 76.4 Å². The lowest BCUT2D eigenvalue weighted by Crippen LogP contribution is -2.27. The van der Waals surface area contributed by atoms with E-state index in [0.29, 0.717) is 24.6 Å². The van der Waals surface area contributed by atoms with E-state index in [-0.39, 0.29) is 12.5 Å². The standard InChI is InChI=1S/C22H20N2O4S/c1-26-21-14-17(6-8-20(21)28-12-10-23)7-9-22(25)24(15-18-4-2-11-27-18)16-19-5-3-13-29-19/h2-9,11,13-14H,12,15-16H2,1H3/b9-7+. The van der Waals surface area contributed by atoms with Gasteiger partial charge in [0.25, 0.3) is 0 Å². The molecule has 3 aromatic rings. The summed E-state index contributed by atoms with van der Waals surface area (Å²) in [6, 6.07) is 14.8. The minimum absolute atomic E-state index is 0.0610. The van der Waals surface area contributed by atoms with E-state index in [2.05, 4.69) is 0 Å². The zero-order valence-electron chi connectivity index (χ0n) is 15.9. The summed E-state index contributed by atoms with van der Waals surface area (Å²) in [6.45, 7) is 0.832. The number of methoxy groups -OCH3 is 1. The highest BCUT2D eigenvalue weighted by atomic mass is 32.1. The summed E-state index contributed by atoms with van der Waals surface area (Å²) in [5.41, 5.74) is 0.786. The normalized spacial score (nSPS) is 10.6. The van der Waals surface area contributed by atoms with Gasteiger partial charge in [-0.15, -0.1) is 11.3 Å². The van der Waals surface area contributed by atoms with Crippen LogP contribution in [0.15, 0.2) is 64.6 Å². The van der Waals surface area contributed by atoms with Crippen LogP contribution in [-0.4, -0.2) is 24.5 Å². The fourth-order valence-corrected chi connectivity index (χ4v) is 3.40. The van der Waals surface area contributed by atoms with Crippen molar-refractivity contribution in [2.24, 2.45) is 0 Å². The Morgan fingerprint density at radius 1 is 1.24 bits per heavy atom. The van der Waals surface area contributed by atoms with Crippen LogP contribution < -0.4 is 9.47 Å². The molecule has 0 spiro atoms. The number of benzene rings is 1. The van der Waals surface area contributed by atoms with E-state index in [1.807, 2.05) is 29.6 Å². The Kier molecular flexibility index (Phi) is 7.09. The summed E-state index contributed by atoms with van der Waals surface area (Å²) in [5.74, 6) is 1.58. The van der Waals surface area contributed by atoms with Crippen LogP contribution in [-0.2, 0) is 17.9 Å². The van der Waals surface area contributed by atoms with Gasteiger partial charge in [-0.3, -0.25) is 4.79 Å². The van der Waals surface area contributed by atoms with Crippen LogP contribution in [0.2, 0.25) is 0 Å². The largest absolute Gasteiger partial charge is 0.493 e. The number of rotatable bonds is 9. The SMILES string of the molecule is COc1cc(/C=C/C(=O)N(Cc2ccco2)Cc2cccs2)ccc1OCC#N. The molecule has 148 valence electrons. The lowest BCUT2D eigenvalue weighted by molar-refractivity contribution is -0.127. The molecule has 0 radical (unpaired) electrons. The van der Waals surface area contributed by atoms with Gasteiger partial charge >= 0.3 is 0 Å². The second kappa shape index (κ2) is 10.2. The van der Waals surface area contributed by atoms with Crippen LogP contribution in [0.1, 0.15) is 16.2 Å². The summed E-state index contributed by atoms with van der Waals surface area (Å²) >= 11 is 1.61. The third-order valence-electron chi connectivity index (χ3n) is 4.06. The van der Waals surface area contributed by atoms with Crippen molar-refractivity contribution >= 4 is 23.3 Å². The predicted octanol–water partition coefficient (Wildman–Crippen LogP) is 4.49. The number of amides is 1. The highest BCUT2D eigenvalue weighted by Gasteiger charge is 2.14. The van der Waals surface area contributed by atoms with Crippen molar-refractivity contribution in [3.63, 3.8) is 0 Å². The maximum atomic E-state index is 12.8. The highest BCUT2D eigenvalue weighted by molar-refractivity contribution is 7.09. The molecular formula is C22H20N2O4S. The molecule has 1 aromatic carbocycles. The Bertz CT molecular complexity index is 952. The average molecular weight is 408 g/mol. The first kappa shape index (κ1) is 20.2. The number of ether oxygens (including phenoxy) is 2. The first-order chi connectivity index (χ1) is 14.2. The topological polar surface area (TPSA) is 75.7 Å². The van der Waals surface area contributed by atoms with Crippen molar-refractivity contribution in [3.8, 4) is 17.6 Å². The number of carbonyl (C=O) groups excluding carboxylic acids is 1. The van der Waals surface area contributed by atoms with Gasteiger partial charge in [0.05, 0.1) is 26.5 Å². The molecule has 29 heavy (non-hydrogen) atoms. The summed E-state index contributed by atoms with van der Waals surface area (Å²) in [7, 11) is 1.53. The van der Waals surface area contributed by atoms with Gasteiger partial charge < -0.3 is 18.8 Å². The summed E-state index contributed by atoms with van der Waals surface area (Å²) in [6.07, 6.45) is 4.85. The lowest BCUT2D eigenvalue weighted by atomic mass is 10.2. The Morgan fingerprint density at radius 2 is 2.14 bits per heavy atom. The Morgan fingerprint density at radius 3 is 2.83 bits per heavy atom. The van der Waals surface area contributed by atoms with Gasteiger partial charge in [0.1, 0.15) is 11.8 Å². The third kappa shape index (κ3) is 5.74. The molecule has 0 unspecified atom stereocenters. The number of furan rings is 1. The zero-order valence-corrected chi connectivity index (χ0v) is 16.7. The quantitative estimate of drug-likeness (QED) is 0.488. The van der Waals surface area contributed by atoms with Crippen molar-refractivity contribution in [1.82, 2.24) is 4.90 Å². The van der Waals surface area contributed by atoms with Crippen molar-refractivity contribution < 1.29 is 18.7 Å². The second-order valence-electron chi connectivity index (χ2n) is 6.04. The van der Waals surface area contributed by atoms with Crippen molar-refractivity contribution in [2.75, 3.05) is 13.7 Å². The van der Waals surface area contributed by atoms with E-state index in [4.69, 9.17) is 19.2 Å². The van der Waals surface area contributed by atoms with Crippen LogP contribution in [0.5, 0.6) is 11.5 Å². The van der Waals surface area contributed by atoms with E-state index < -0.39 is 0 Å².